The minimum Gasteiger partial charge on any atom is -0.481 e. The summed E-state index contributed by atoms with van der Waals surface area (Å²) in [7, 11) is 0. The van der Waals surface area contributed by atoms with E-state index in [1.165, 1.54) is 11.8 Å². The maximum Gasteiger partial charge on any atom is 0.313 e. The number of carboxylic acids is 1. The molecule has 0 aromatic carbocycles. The Balaban J connectivity index is 2.13. The lowest BCUT2D eigenvalue weighted by molar-refractivity contribution is -0.133. The van der Waals surface area contributed by atoms with Crippen molar-refractivity contribution in [2.24, 2.45) is 0 Å². The fourth-order valence-electron chi connectivity index (χ4n) is 1.94. The average molecular weight is 273 g/mol. The highest BCUT2D eigenvalue weighted by Gasteiger charge is 2.21. The van der Waals surface area contributed by atoms with Crippen LogP contribution in [0.15, 0.2) is 5.16 Å². The summed E-state index contributed by atoms with van der Waals surface area (Å²) in [4.78, 5) is 10.6. The van der Waals surface area contributed by atoms with Gasteiger partial charge < -0.3 is 9.67 Å². The summed E-state index contributed by atoms with van der Waals surface area (Å²) in [6.07, 6.45) is 2.23. The number of hydrogen-bond acceptors (Lipinski definition) is 5. The van der Waals surface area contributed by atoms with Gasteiger partial charge in [0, 0.05) is 6.04 Å². The number of hydrogen-bond donors (Lipinski definition) is 1. The van der Waals surface area contributed by atoms with E-state index in [1.54, 1.807) is 0 Å². The first-order valence-corrected chi connectivity index (χ1v) is 7.66. The topological polar surface area (TPSA) is 68.0 Å². The van der Waals surface area contributed by atoms with E-state index in [9.17, 15) is 4.79 Å². The maximum absolute atomic E-state index is 10.6. The molecule has 0 unspecified atom stereocenters. The molecule has 2 heterocycles. The molecule has 2 rings (SSSR count). The first-order chi connectivity index (χ1) is 8.18. The fourth-order valence-corrected chi connectivity index (χ4v) is 3.79. The summed E-state index contributed by atoms with van der Waals surface area (Å²) in [5, 5.41) is 17.6. The number of nitrogens with zero attached hydrogens (tertiary/aromatic N) is 3. The molecule has 0 radical (unpaired) electrons. The van der Waals surface area contributed by atoms with Gasteiger partial charge in [0.25, 0.3) is 0 Å². The second kappa shape index (κ2) is 5.77. The van der Waals surface area contributed by atoms with Crippen molar-refractivity contribution in [1.82, 2.24) is 14.8 Å². The molecule has 5 nitrogen and oxygen atoms in total. The van der Waals surface area contributed by atoms with Crippen molar-refractivity contribution in [2.45, 2.75) is 31.0 Å². The third-order valence-corrected chi connectivity index (χ3v) is 4.69. The van der Waals surface area contributed by atoms with Crippen LogP contribution in [-0.2, 0) is 4.79 Å². The van der Waals surface area contributed by atoms with Crippen LogP contribution in [0.1, 0.15) is 24.7 Å². The van der Waals surface area contributed by atoms with Gasteiger partial charge in [-0.3, -0.25) is 4.79 Å². The van der Waals surface area contributed by atoms with E-state index in [-0.39, 0.29) is 5.75 Å². The Bertz CT molecular complexity index is 402. The molecule has 0 amide bonds. The Morgan fingerprint density at radius 3 is 2.88 bits per heavy atom. The lowest BCUT2D eigenvalue weighted by Gasteiger charge is -2.24. The van der Waals surface area contributed by atoms with Gasteiger partial charge in [-0.25, -0.2) is 0 Å². The standard InChI is InChI=1S/C10H15N3O2S2/c1-7-11-12-10(17-6-9(14)15)13(7)8-2-4-16-5-3-8/h8H,2-6H2,1H3,(H,14,15). The van der Waals surface area contributed by atoms with E-state index in [0.717, 1.165) is 35.3 Å². The Morgan fingerprint density at radius 2 is 2.24 bits per heavy atom. The predicted octanol–water partition coefficient (Wildman–Crippen LogP) is 1.83. The molecule has 0 bridgehead atoms. The van der Waals surface area contributed by atoms with Crippen molar-refractivity contribution >= 4 is 29.5 Å². The zero-order chi connectivity index (χ0) is 12.3. The molecule has 1 fully saturated rings. The molecule has 0 saturated carbocycles. The van der Waals surface area contributed by atoms with Gasteiger partial charge in [-0.2, -0.15) is 11.8 Å². The Morgan fingerprint density at radius 1 is 1.53 bits per heavy atom. The number of aryl methyl sites for hydroxylation is 1. The van der Waals surface area contributed by atoms with Crippen LogP contribution in [0.3, 0.4) is 0 Å². The molecule has 17 heavy (non-hydrogen) atoms. The Labute approximate surface area is 108 Å². The SMILES string of the molecule is Cc1nnc(SCC(=O)O)n1C1CCSCC1. The molecule has 1 aliphatic rings. The van der Waals surface area contributed by atoms with Crippen LogP contribution in [0, 0.1) is 6.92 Å². The average Bonchev–Trinajstić information content (AvgIpc) is 2.69. The van der Waals surface area contributed by atoms with Crippen LogP contribution in [0.2, 0.25) is 0 Å². The summed E-state index contributed by atoms with van der Waals surface area (Å²) in [6.45, 7) is 1.93. The van der Waals surface area contributed by atoms with E-state index < -0.39 is 5.97 Å². The number of carbonyl (C=O) groups is 1. The molecule has 1 aliphatic heterocycles. The first kappa shape index (κ1) is 12.8. The van der Waals surface area contributed by atoms with Crippen molar-refractivity contribution in [1.29, 1.82) is 0 Å². The van der Waals surface area contributed by atoms with Crippen LogP contribution in [-0.4, -0.2) is 43.1 Å². The highest BCUT2D eigenvalue weighted by atomic mass is 32.2. The van der Waals surface area contributed by atoms with Gasteiger partial charge in [0.1, 0.15) is 5.82 Å². The molecular weight excluding hydrogens is 258 g/mol. The van der Waals surface area contributed by atoms with Gasteiger partial charge in [0.05, 0.1) is 5.75 Å². The summed E-state index contributed by atoms with van der Waals surface area (Å²) in [5.41, 5.74) is 0. The number of thioether (sulfide) groups is 2. The second-order valence-electron chi connectivity index (χ2n) is 3.93. The lowest BCUT2D eigenvalue weighted by Crippen LogP contribution is -2.17. The smallest absolute Gasteiger partial charge is 0.313 e. The van der Waals surface area contributed by atoms with Gasteiger partial charge >= 0.3 is 5.97 Å². The van der Waals surface area contributed by atoms with Crippen LogP contribution in [0.25, 0.3) is 0 Å². The van der Waals surface area contributed by atoms with E-state index in [2.05, 4.69) is 14.8 Å². The van der Waals surface area contributed by atoms with E-state index in [0.29, 0.717) is 6.04 Å². The van der Waals surface area contributed by atoms with E-state index >= 15 is 0 Å². The van der Waals surface area contributed by atoms with Crippen molar-refractivity contribution in [3.63, 3.8) is 0 Å². The van der Waals surface area contributed by atoms with Crippen LogP contribution in [0.5, 0.6) is 0 Å². The van der Waals surface area contributed by atoms with Gasteiger partial charge in [0.15, 0.2) is 5.16 Å². The van der Waals surface area contributed by atoms with Crippen LogP contribution >= 0.6 is 23.5 Å². The Hall–Kier alpha value is -0.690. The predicted molar refractivity (Wildman–Crippen MR) is 68.7 cm³/mol. The normalized spacial score (nSPS) is 17.2. The second-order valence-corrected chi connectivity index (χ2v) is 6.09. The van der Waals surface area contributed by atoms with Gasteiger partial charge in [0.2, 0.25) is 0 Å². The van der Waals surface area contributed by atoms with Crippen molar-refractivity contribution in [3.8, 4) is 0 Å². The summed E-state index contributed by atoms with van der Waals surface area (Å²) < 4.78 is 2.10. The zero-order valence-electron chi connectivity index (χ0n) is 9.63. The monoisotopic (exact) mass is 273 g/mol. The van der Waals surface area contributed by atoms with Crippen LogP contribution in [0.4, 0.5) is 0 Å². The van der Waals surface area contributed by atoms with Crippen LogP contribution < -0.4 is 0 Å². The highest BCUT2D eigenvalue weighted by Crippen LogP contribution is 2.31. The molecule has 1 saturated heterocycles. The molecular formula is C10H15N3O2S2. The molecule has 0 atom stereocenters. The van der Waals surface area contributed by atoms with Crippen molar-refractivity contribution in [3.05, 3.63) is 5.82 Å². The molecule has 1 N–H and O–H groups in total. The number of carboxylic acid groups (broad SMARTS) is 1. The summed E-state index contributed by atoms with van der Waals surface area (Å²) in [6, 6.07) is 0.433. The molecule has 0 aliphatic carbocycles. The zero-order valence-corrected chi connectivity index (χ0v) is 11.3. The van der Waals surface area contributed by atoms with Gasteiger partial charge in [-0.15, -0.1) is 10.2 Å². The highest BCUT2D eigenvalue weighted by molar-refractivity contribution is 7.99. The number of aromatic nitrogens is 3. The third kappa shape index (κ3) is 3.16. The number of aliphatic carboxylic acids is 1. The van der Waals surface area contributed by atoms with Crippen molar-refractivity contribution < 1.29 is 9.90 Å². The molecule has 0 spiro atoms. The summed E-state index contributed by atoms with van der Waals surface area (Å²) >= 11 is 3.22. The van der Waals surface area contributed by atoms with Gasteiger partial charge in [-0.05, 0) is 31.3 Å². The maximum atomic E-state index is 10.6. The fraction of sp³-hybridized carbons (Fsp3) is 0.700. The minimum absolute atomic E-state index is 0.0413. The van der Waals surface area contributed by atoms with Crippen molar-refractivity contribution in [2.75, 3.05) is 17.3 Å². The van der Waals surface area contributed by atoms with E-state index in [4.69, 9.17) is 5.11 Å². The first-order valence-electron chi connectivity index (χ1n) is 5.52. The lowest BCUT2D eigenvalue weighted by atomic mass is 10.1. The molecule has 7 heteroatoms. The summed E-state index contributed by atoms with van der Waals surface area (Å²) in [5.74, 6) is 2.42. The Kier molecular flexibility index (Phi) is 4.33. The quantitative estimate of drug-likeness (QED) is 0.844. The largest absolute Gasteiger partial charge is 0.481 e. The third-order valence-electron chi connectivity index (χ3n) is 2.72. The number of rotatable bonds is 4. The van der Waals surface area contributed by atoms with Gasteiger partial charge in [-0.1, -0.05) is 11.8 Å². The molecule has 94 valence electrons. The molecule has 1 aromatic heterocycles. The minimum atomic E-state index is -0.818. The molecule has 1 aromatic rings. The van der Waals surface area contributed by atoms with E-state index in [1.807, 2.05) is 18.7 Å².